The van der Waals surface area contributed by atoms with Crippen LogP contribution in [0, 0.1) is 23.3 Å². The van der Waals surface area contributed by atoms with Crippen LogP contribution in [0.4, 0.5) is 17.1 Å². The van der Waals surface area contributed by atoms with Crippen LogP contribution in [-0.4, -0.2) is 8.75 Å². The lowest BCUT2D eigenvalue weighted by Gasteiger charge is -2.42. The molecule has 1 aliphatic heterocycles. The van der Waals surface area contributed by atoms with E-state index in [2.05, 4.69) is 153 Å². The molecule has 0 radical (unpaired) electrons. The summed E-state index contributed by atoms with van der Waals surface area (Å²) in [6, 6.07) is 36.9. The lowest BCUT2D eigenvalue weighted by Crippen LogP contribution is -2.30. The molecule has 2 aliphatic rings. The molecule has 1 aliphatic carbocycles. The van der Waals surface area contributed by atoms with Gasteiger partial charge >= 0.3 is 0 Å². The fourth-order valence-electron chi connectivity index (χ4n) is 7.69. The van der Waals surface area contributed by atoms with Gasteiger partial charge in [-0.15, -0.1) is 11.3 Å². The molecule has 0 atom stereocenters. The third-order valence-electron chi connectivity index (χ3n) is 10.1. The summed E-state index contributed by atoms with van der Waals surface area (Å²) >= 11 is 2.98. The molecule has 8 rings (SSSR count). The first-order valence-electron chi connectivity index (χ1n) is 17.0. The van der Waals surface area contributed by atoms with Crippen molar-refractivity contribution in [2.24, 2.45) is 5.41 Å². The molecule has 51 heavy (non-hydrogen) atoms. The van der Waals surface area contributed by atoms with E-state index in [1.165, 1.54) is 34.2 Å². The number of anilines is 3. The Morgan fingerprint density at radius 2 is 1.55 bits per heavy atom. The Bertz CT molecular complexity index is 2500. The van der Waals surface area contributed by atoms with Gasteiger partial charge in [0, 0.05) is 32.0 Å². The summed E-state index contributed by atoms with van der Waals surface area (Å²) in [4.78, 5) is 8.12. The Kier molecular flexibility index (Phi) is 8.07. The minimum Gasteiger partial charge on any atom is -0.310 e. The summed E-state index contributed by atoms with van der Waals surface area (Å²) in [5.41, 5.74) is 13.2. The Labute approximate surface area is 307 Å². The van der Waals surface area contributed by atoms with Gasteiger partial charge in [-0.3, -0.25) is 0 Å². The van der Waals surface area contributed by atoms with Gasteiger partial charge in [-0.1, -0.05) is 94.4 Å². The predicted molar refractivity (Wildman–Crippen MR) is 212 cm³/mol. The van der Waals surface area contributed by atoms with Gasteiger partial charge in [0.05, 0.1) is 35.7 Å². The van der Waals surface area contributed by atoms with Gasteiger partial charge in [0.15, 0.2) is 0 Å². The molecule has 4 aromatic carbocycles. The largest absolute Gasteiger partial charge is 0.310 e. The van der Waals surface area contributed by atoms with Gasteiger partial charge in [-0.05, 0) is 94.6 Å². The molecule has 2 aromatic heterocycles. The predicted octanol–water partition coefficient (Wildman–Crippen LogP) is 12.7. The lowest BCUT2D eigenvalue weighted by atomic mass is 9.73. The number of fused-ring (bicyclic) bond motifs is 3. The summed E-state index contributed by atoms with van der Waals surface area (Å²) in [6.07, 6.45) is 7.92. The molecule has 248 valence electrons. The SMILES string of the molecule is [C-]#[N+]/C(C#N)=C1C=C(/C=C/c2ccc(-c3ccc(-c4ccc5c(c4)C(C)(C)c4ccccc4N5c4ccccc4)c4nsnc34)s2)CC(C)(C)C\1. The number of nitriles is 1. The van der Waals surface area contributed by atoms with E-state index in [4.69, 9.17) is 15.3 Å². The summed E-state index contributed by atoms with van der Waals surface area (Å²) in [7, 11) is 0. The first-order chi connectivity index (χ1) is 24.7. The Morgan fingerprint density at radius 3 is 2.33 bits per heavy atom. The zero-order valence-corrected chi connectivity index (χ0v) is 30.6. The van der Waals surface area contributed by atoms with Crippen molar-refractivity contribution in [1.29, 1.82) is 5.26 Å². The van der Waals surface area contributed by atoms with Crippen molar-refractivity contribution in [3.8, 4) is 27.6 Å². The van der Waals surface area contributed by atoms with E-state index in [9.17, 15) is 5.26 Å². The van der Waals surface area contributed by atoms with Crippen molar-refractivity contribution in [3.05, 3.63) is 153 Å². The Balaban J connectivity index is 1.14. The molecule has 0 bridgehead atoms. The fraction of sp³-hybridized carbons (Fsp3) is 0.182. The fourth-order valence-corrected chi connectivity index (χ4v) is 9.20. The standard InChI is InChI=1S/C44H35N5S2/c1-43(2)25-28(23-30(26-43)37(27-45)46-5)15-17-32-18-22-40(50-32)34-20-19-33(41-42(34)48-51-47-41)29-16-21-39-36(24-29)44(3,4)35-13-9-10-14-38(35)49(39)31-11-7-6-8-12-31/h6-24H,25-26H2,1-4H3/b17-15+,37-30+. The van der Waals surface area contributed by atoms with Gasteiger partial charge in [-0.25, -0.2) is 10.1 Å². The van der Waals surface area contributed by atoms with E-state index >= 15 is 0 Å². The molecule has 5 nitrogen and oxygen atoms in total. The number of aromatic nitrogens is 2. The molecular weight excluding hydrogens is 663 g/mol. The highest BCUT2D eigenvalue weighted by Gasteiger charge is 2.37. The minimum absolute atomic E-state index is 0.0122. The topological polar surface area (TPSA) is 57.2 Å². The third kappa shape index (κ3) is 5.79. The normalized spacial score (nSPS) is 17.0. The van der Waals surface area contributed by atoms with Crippen molar-refractivity contribution < 1.29 is 0 Å². The van der Waals surface area contributed by atoms with Crippen LogP contribution in [0.1, 0.15) is 56.5 Å². The number of hydrogen-bond acceptors (Lipinski definition) is 6. The van der Waals surface area contributed by atoms with Gasteiger partial charge in [0.1, 0.15) is 11.0 Å². The number of thiophene rings is 1. The molecule has 0 unspecified atom stereocenters. The zero-order chi connectivity index (χ0) is 35.3. The van der Waals surface area contributed by atoms with Crippen LogP contribution in [-0.2, 0) is 5.41 Å². The quantitative estimate of drug-likeness (QED) is 0.133. The second kappa shape index (κ2) is 12.6. The maximum absolute atomic E-state index is 9.47. The van der Waals surface area contributed by atoms with E-state index in [-0.39, 0.29) is 16.5 Å². The molecule has 0 fully saturated rings. The maximum Gasteiger partial charge on any atom is 0.265 e. The number of para-hydroxylation sites is 2. The smallest absolute Gasteiger partial charge is 0.265 e. The molecule has 0 N–H and O–H groups in total. The monoisotopic (exact) mass is 697 g/mol. The van der Waals surface area contributed by atoms with Crippen LogP contribution in [0.25, 0.3) is 43.5 Å². The van der Waals surface area contributed by atoms with Gasteiger partial charge in [0.2, 0.25) is 0 Å². The number of rotatable bonds is 5. The molecule has 6 aromatic rings. The second-order valence-electron chi connectivity index (χ2n) is 14.5. The lowest BCUT2D eigenvalue weighted by molar-refractivity contribution is 0.354. The van der Waals surface area contributed by atoms with Crippen molar-refractivity contribution >= 4 is 57.2 Å². The zero-order valence-electron chi connectivity index (χ0n) is 28.9. The van der Waals surface area contributed by atoms with Crippen LogP contribution >= 0.6 is 23.1 Å². The van der Waals surface area contributed by atoms with Crippen molar-refractivity contribution in [3.63, 3.8) is 0 Å². The van der Waals surface area contributed by atoms with E-state index in [0.717, 1.165) is 67.2 Å². The number of nitrogens with zero attached hydrogens (tertiary/aromatic N) is 5. The Morgan fingerprint density at radius 1 is 0.824 bits per heavy atom. The van der Waals surface area contributed by atoms with Crippen molar-refractivity contribution in [2.45, 2.75) is 46.0 Å². The van der Waals surface area contributed by atoms with Crippen LogP contribution in [0.3, 0.4) is 0 Å². The summed E-state index contributed by atoms with van der Waals surface area (Å²) < 4.78 is 9.65. The molecule has 7 heteroatoms. The molecule has 0 amide bonds. The van der Waals surface area contributed by atoms with E-state index in [0.29, 0.717) is 0 Å². The van der Waals surface area contributed by atoms with E-state index < -0.39 is 0 Å². The first-order valence-corrected chi connectivity index (χ1v) is 18.6. The summed E-state index contributed by atoms with van der Waals surface area (Å²) in [6.45, 7) is 16.4. The maximum atomic E-state index is 9.47. The van der Waals surface area contributed by atoms with Crippen molar-refractivity contribution in [2.75, 3.05) is 4.90 Å². The number of benzene rings is 4. The molecular formula is C44H35N5S2. The Hall–Kier alpha value is -5.60. The molecule has 0 saturated heterocycles. The van der Waals surface area contributed by atoms with Crippen molar-refractivity contribution in [1.82, 2.24) is 8.75 Å². The average Bonchev–Trinajstić information content (AvgIpc) is 3.82. The van der Waals surface area contributed by atoms with E-state index in [1.807, 2.05) is 6.08 Å². The van der Waals surface area contributed by atoms with Gasteiger partial charge in [-0.2, -0.15) is 8.75 Å². The highest BCUT2D eigenvalue weighted by Crippen LogP contribution is 2.53. The van der Waals surface area contributed by atoms with Crippen LogP contribution in [0.15, 0.2) is 126 Å². The van der Waals surface area contributed by atoms with Crippen LogP contribution in [0.2, 0.25) is 0 Å². The highest BCUT2D eigenvalue weighted by atomic mass is 32.1. The average molecular weight is 698 g/mol. The van der Waals surface area contributed by atoms with Crippen LogP contribution < -0.4 is 4.90 Å². The van der Waals surface area contributed by atoms with Crippen LogP contribution in [0.5, 0.6) is 0 Å². The second-order valence-corrected chi connectivity index (χ2v) is 16.2. The minimum atomic E-state index is -0.205. The summed E-state index contributed by atoms with van der Waals surface area (Å²) in [5, 5.41) is 9.47. The van der Waals surface area contributed by atoms with Gasteiger partial charge < -0.3 is 4.90 Å². The number of allylic oxidation sites excluding steroid dienone is 5. The number of hydrogen-bond donors (Lipinski definition) is 0. The summed E-state index contributed by atoms with van der Waals surface area (Å²) in [5.74, 6) is 0. The molecule has 3 heterocycles. The molecule has 0 saturated carbocycles. The third-order valence-corrected chi connectivity index (χ3v) is 11.7. The first kappa shape index (κ1) is 32.6. The van der Waals surface area contributed by atoms with E-state index in [1.54, 1.807) is 11.3 Å². The van der Waals surface area contributed by atoms with Gasteiger partial charge in [0.25, 0.3) is 5.70 Å². The molecule has 0 spiro atoms. The highest BCUT2D eigenvalue weighted by molar-refractivity contribution is 7.16.